The topological polar surface area (TPSA) is 29.1 Å². The molecule has 2 aromatic rings. The molecule has 0 saturated heterocycles. The zero-order chi connectivity index (χ0) is 14.8. The van der Waals surface area contributed by atoms with Crippen LogP contribution in [0.1, 0.15) is 39.9 Å². The normalized spacial score (nSPS) is 13.6. The van der Waals surface area contributed by atoms with Crippen LogP contribution in [0.5, 0.6) is 0 Å². The molecule has 0 aromatic heterocycles. The molecule has 3 heteroatoms. The van der Waals surface area contributed by atoms with Crippen molar-refractivity contribution < 1.29 is 9.18 Å². The summed E-state index contributed by atoms with van der Waals surface area (Å²) in [5.41, 5.74) is 4.23. The van der Waals surface area contributed by atoms with Gasteiger partial charge in [-0.05, 0) is 73.6 Å². The predicted octanol–water partition coefficient (Wildman–Crippen LogP) is 4.27. The highest BCUT2D eigenvalue weighted by molar-refractivity contribution is 6.04. The van der Waals surface area contributed by atoms with Crippen LogP contribution < -0.4 is 5.32 Å². The Bertz CT molecular complexity index is 694. The Morgan fingerprint density at radius 2 is 1.81 bits per heavy atom. The van der Waals surface area contributed by atoms with Gasteiger partial charge in [0, 0.05) is 5.56 Å². The molecule has 1 N–H and O–H groups in total. The van der Waals surface area contributed by atoms with Crippen LogP contribution in [-0.4, -0.2) is 5.91 Å². The Labute approximate surface area is 124 Å². The van der Waals surface area contributed by atoms with E-state index in [9.17, 15) is 9.18 Å². The smallest absolute Gasteiger partial charge is 0.255 e. The number of hydrogen-bond donors (Lipinski definition) is 1. The minimum atomic E-state index is -0.402. The number of carbonyl (C=O) groups excluding carboxylic acids is 1. The lowest BCUT2D eigenvalue weighted by atomic mass is 9.90. The molecule has 0 fully saturated rings. The molecule has 0 spiro atoms. The second kappa shape index (κ2) is 5.68. The fraction of sp³-hybridized carbons (Fsp3) is 0.278. The van der Waals surface area contributed by atoms with Crippen LogP contribution in [0.3, 0.4) is 0 Å². The van der Waals surface area contributed by atoms with Crippen molar-refractivity contribution in [2.75, 3.05) is 5.32 Å². The van der Waals surface area contributed by atoms with Crippen LogP contribution >= 0.6 is 0 Å². The lowest BCUT2D eigenvalue weighted by Crippen LogP contribution is -2.14. The predicted molar refractivity (Wildman–Crippen MR) is 82.2 cm³/mol. The first kappa shape index (κ1) is 13.8. The van der Waals surface area contributed by atoms with E-state index in [1.54, 1.807) is 12.1 Å². The quantitative estimate of drug-likeness (QED) is 0.876. The monoisotopic (exact) mass is 283 g/mol. The van der Waals surface area contributed by atoms with E-state index in [0.29, 0.717) is 5.56 Å². The SMILES string of the molecule is Cc1ccc(NC(=O)c2ccc3c(c2)CCCC3)c(F)c1. The Hall–Kier alpha value is -2.16. The van der Waals surface area contributed by atoms with Gasteiger partial charge in [-0.1, -0.05) is 12.1 Å². The van der Waals surface area contributed by atoms with E-state index in [2.05, 4.69) is 5.32 Å². The minimum absolute atomic E-state index is 0.225. The summed E-state index contributed by atoms with van der Waals surface area (Å²) in [4.78, 5) is 12.3. The molecular weight excluding hydrogens is 265 g/mol. The molecule has 3 rings (SSSR count). The summed E-state index contributed by atoms with van der Waals surface area (Å²) in [5.74, 6) is -0.660. The number of hydrogen-bond acceptors (Lipinski definition) is 1. The van der Waals surface area contributed by atoms with Crippen LogP contribution in [0.2, 0.25) is 0 Å². The van der Waals surface area contributed by atoms with E-state index < -0.39 is 5.82 Å². The molecule has 2 nitrogen and oxygen atoms in total. The fourth-order valence-electron chi connectivity index (χ4n) is 2.79. The summed E-state index contributed by atoms with van der Waals surface area (Å²) < 4.78 is 13.8. The number of amides is 1. The van der Waals surface area contributed by atoms with Crippen LogP contribution in [-0.2, 0) is 12.8 Å². The van der Waals surface area contributed by atoms with Gasteiger partial charge < -0.3 is 5.32 Å². The maximum Gasteiger partial charge on any atom is 0.255 e. The Morgan fingerprint density at radius 1 is 1.05 bits per heavy atom. The lowest BCUT2D eigenvalue weighted by molar-refractivity contribution is 0.102. The van der Waals surface area contributed by atoms with E-state index >= 15 is 0 Å². The first-order chi connectivity index (χ1) is 10.1. The van der Waals surface area contributed by atoms with Gasteiger partial charge in [0.25, 0.3) is 5.91 Å². The van der Waals surface area contributed by atoms with Crippen molar-refractivity contribution in [3.63, 3.8) is 0 Å². The van der Waals surface area contributed by atoms with E-state index in [1.807, 2.05) is 25.1 Å². The number of halogens is 1. The number of benzene rings is 2. The zero-order valence-electron chi connectivity index (χ0n) is 12.1. The maximum atomic E-state index is 13.8. The van der Waals surface area contributed by atoms with Crippen LogP contribution in [0.4, 0.5) is 10.1 Å². The summed E-state index contributed by atoms with van der Waals surface area (Å²) in [5, 5.41) is 2.65. The fourth-order valence-corrected chi connectivity index (χ4v) is 2.79. The molecule has 0 saturated carbocycles. The van der Waals surface area contributed by atoms with Gasteiger partial charge in [-0.3, -0.25) is 4.79 Å². The van der Waals surface area contributed by atoms with E-state index in [1.165, 1.54) is 30.0 Å². The Morgan fingerprint density at radius 3 is 2.57 bits per heavy atom. The molecule has 0 atom stereocenters. The first-order valence-electron chi connectivity index (χ1n) is 7.33. The number of anilines is 1. The van der Waals surface area contributed by atoms with E-state index in [-0.39, 0.29) is 11.6 Å². The third-order valence-electron chi connectivity index (χ3n) is 3.98. The molecule has 2 aromatic carbocycles. The van der Waals surface area contributed by atoms with Crippen molar-refractivity contribution in [2.24, 2.45) is 0 Å². The molecule has 0 aliphatic heterocycles. The average Bonchev–Trinajstić information content (AvgIpc) is 2.49. The molecular formula is C18H18FNO. The molecule has 0 heterocycles. The van der Waals surface area contributed by atoms with Gasteiger partial charge in [0.15, 0.2) is 0 Å². The first-order valence-corrected chi connectivity index (χ1v) is 7.33. The summed E-state index contributed by atoms with van der Waals surface area (Å²) in [6.07, 6.45) is 4.50. The van der Waals surface area contributed by atoms with Gasteiger partial charge in [-0.15, -0.1) is 0 Å². The minimum Gasteiger partial charge on any atom is -0.319 e. The number of aryl methyl sites for hydroxylation is 3. The van der Waals surface area contributed by atoms with Crippen molar-refractivity contribution in [1.82, 2.24) is 0 Å². The second-order valence-electron chi connectivity index (χ2n) is 5.63. The average molecular weight is 283 g/mol. The molecule has 108 valence electrons. The van der Waals surface area contributed by atoms with E-state index in [4.69, 9.17) is 0 Å². The van der Waals surface area contributed by atoms with Crippen LogP contribution in [0, 0.1) is 12.7 Å². The van der Waals surface area contributed by atoms with Crippen molar-refractivity contribution in [3.05, 3.63) is 64.5 Å². The van der Waals surface area contributed by atoms with Crippen LogP contribution in [0.25, 0.3) is 0 Å². The highest BCUT2D eigenvalue weighted by atomic mass is 19.1. The summed E-state index contributed by atoms with van der Waals surface area (Å²) in [6, 6.07) is 10.6. The van der Waals surface area contributed by atoms with Crippen LogP contribution in [0.15, 0.2) is 36.4 Å². The molecule has 1 amide bonds. The van der Waals surface area contributed by atoms with Gasteiger partial charge in [-0.2, -0.15) is 0 Å². The van der Waals surface area contributed by atoms with Gasteiger partial charge in [0.2, 0.25) is 0 Å². The van der Waals surface area contributed by atoms with Gasteiger partial charge in [-0.25, -0.2) is 4.39 Å². The van der Waals surface area contributed by atoms with Crippen molar-refractivity contribution >= 4 is 11.6 Å². The third-order valence-corrected chi connectivity index (χ3v) is 3.98. The molecule has 0 bridgehead atoms. The van der Waals surface area contributed by atoms with Crippen molar-refractivity contribution in [3.8, 4) is 0 Å². The largest absolute Gasteiger partial charge is 0.319 e. The molecule has 0 unspecified atom stereocenters. The standard InChI is InChI=1S/C18H18FNO/c1-12-6-9-17(16(19)10-12)20-18(21)15-8-7-13-4-2-3-5-14(13)11-15/h6-11H,2-5H2,1H3,(H,20,21). The Kier molecular flexibility index (Phi) is 3.74. The summed E-state index contributed by atoms with van der Waals surface area (Å²) in [7, 11) is 0. The van der Waals surface area contributed by atoms with E-state index in [0.717, 1.165) is 18.4 Å². The maximum absolute atomic E-state index is 13.8. The van der Waals surface area contributed by atoms with Gasteiger partial charge in [0.1, 0.15) is 5.82 Å². The third kappa shape index (κ3) is 2.97. The number of nitrogens with one attached hydrogen (secondary N) is 1. The number of fused-ring (bicyclic) bond motifs is 1. The molecule has 0 radical (unpaired) electrons. The second-order valence-corrected chi connectivity index (χ2v) is 5.63. The summed E-state index contributed by atoms with van der Waals surface area (Å²) in [6.45, 7) is 1.82. The molecule has 1 aliphatic rings. The highest BCUT2D eigenvalue weighted by Gasteiger charge is 2.14. The molecule has 1 aliphatic carbocycles. The highest BCUT2D eigenvalue weighted by Crippen LogP contribution is 2.23. The van der Waals surface area contributed by atoms with Crippen molar-refractivity contribution in [2.45, 2.75) is 32.6 Å². The van der Waals surface area contributed by atoms with Gasteiger partial charge in [0.05, 0.1) is 5.69 Å². The zero-order valence-corrected chi connectivity index (χ0v) is 12.1. The van der Waals surface area contributed by atoms with Crippen molar-refractivity contribution in [1.29, 1.82) is 0 Å². The number of rotatable bonds is 2. The lowest BCUT2D eigenvalue weighted by Gasteiger charge is -2.16. The Balaban J connectivity index is 1.82. The van der Waals surface area contributed by atoms with Gasteiger partial charge >= 0.3 is 0 Å². The number of carbonyl (C=O) groups is 1. The summed E-state index contributed by atoms with van der Waals surface area (Å²) >= 11 is 0. The molecule has 21 heavy (non-hydrogen) atoms.